The normalized spacial score (nSPS) is 11.0. The van der Waals surface area contributed by atoms with E-state index in [0.717, 1.165) is 28.2 Å². The Morgan fingerprint density at radius 2 is 1.74 bits per heavy atom. The lowest BCUT2D eigenvalue weighted by atomic mass is 10.2. The summed E-state index contributed by atoms with van der Waals surface area (Å²) in [4.78, 5) is 23.9. The number of nitrogens with one attached hydrogen (secondary N) is 2. The third-order valence-corrected chi connectivity index (χ3v) is 5.42. The minimum absolute atomic E-state index is 0.299. The molecule has 1 heterocycles. The van der Waals surface area contributed by atoms with Gasteiger partial charge < -0.3 is 9.88 Å². The number of hydrogen-bond donors (Lipinski definition) is 2. The van der Waals surface area contributed by atoms with Gasteiger partial charge in [-0.3, -0.25) is 9.59 Å². The van der Waals surface area contributed by atoms with Crippen molar-refractivity contribution < 1.29 is 9.59 Å². The average molecular weight is 457 g/mol. The van der Waals surface area contributed by atoms with Crippen molar-refractivity contribution in [3.05, 3.63) is 87.2 Å². The number of carbonyl (C=O) groups excluding carboxylic acids is 2. The fourth-order valence-electron chi connectivity index (χ4n) is 3.16. The number of halogens is 2. The molecule has 0 aliphatic carbocycles. The second-order valence-electron chi connectivity index (χ2n) is 6.99. The zero-order chi connectivity index (χ0) is 22.4. The Bertz CT molecular complexity index is 1120. The summed E-state index contributed by atoms with van der Waals surface area (Å²) in [7, 11) is 0. The maximum atomic E-state index is 12.0. The highest BCUT2D eigenvalue weighted by atomic mass is 35.5. The van der Waals surface area contributed by atoms with E-state index in [2.05, 4.69) is 15.8 Å². The lowest BCUT2D eigenvalue weighted by Gasteiger charge is -2.10. The molecular weight excluding hydrogens is 435 g/mol. The van der Waals surface area contributed by atoms with Crippen molar-refractivity contribution in [3.8, 4) is 5.69 Å². The van der Waals surface area contributed by atoms with Crippen molar-refractivity contribution in [1.82, 2.24) is 15.3 Å². The highest BCUT2D eigenvalue weighted by Gasteiger charge is 2.12. The van der Waals surface area contributed by atoms with Crippen LogP contribution in [0.15, 0.2) is 59.7 Å². The van der Waals surface area contributed by atoms with Crippen LogP contribution in [0.3, 0.4) is 0 Å². The maximum absolute atomic E-state index is 12.0. The molecule has 6 nitrogen and oxygen atoms in total. The molecule has 0 radical (unpaired) electrons. The van der Waals surface area contributed by atoms with Crippen LogP contribution in [-0.4, -0.2) is 22.6 Å². The van der Waals surface area contributed by atoms with Crippen LogP contribution in [0, 0.1) is 13.8 Å². The molecule has 0 saturated heterocycles. The molecule has 8 heteroatoms. The van der Waals surface area contributed by atoms with Crippen LogP contribution in [-0.2, 0) is 16.1 Å². The fraction of sp³-hybridized carbons (Fsp3) is 0.174. The molecule has 160 valence electrons. The van der Waals surface area contributed by atoms with Crippen LogP contribution in [0.4, 0.5) is 0 Å². The zero-order valence-corrected chi connectivity index (χ0v) is 18.7. The number of amides is 2. The highest BCUT2D eigenvalue weighted by molar-refractivity contribution is 6.42. The molecule has 2 N–H and O–H groups in total. The Hall–Kier alpha value is -3.09. The van der Waals surface area contributed by atoms with E-state index < -0.39 is 5.91 Å². The van der Waals surface area contributed by atoms with Crippen LogP contribution in [0.25, 0.3) is 5.69 Å². The molecule has 2 aromatic carbocycles. The highest BCUT2D eigenvalue weighted by Crippen LogP contribution is 2.27. The summed E-state index contributed by atoms with van der Waals surface area (Å²) in [5.41, 5.74) is 6.97. The number of nitrogens with zero attached hydrogens (tertiary/aromatic N) is 2. The van der Waals surface area contributed by atoms with Crippen molar-refractivity contribution in [3.63, 3.8) is 0 Å². The molecule has 0 fully saturated rings. The van der Waals surface area contributed by atoms with Crippen molar-refractivity contribution in [2.75, 3.05) is 0 Å². The van der Waals surface area contributed by atoms with E-state index >= 15 is 0 Å². The molecule has 0 aliphatic heterocycles. The molecule has 0 spiro atoms. The first kappa shape index (κ1) is 22.6. The van der Waals surface area contributed by atoms with Gasteiger partial charge in [0.2, 0.25) is 11.8 Å². The number of hydrogen-bond acceptors (Lipinski definition) is 3. The van der Waals surface area contributed by atoms with Crippen molar-refractivity contribution >= 4 is 41.2 Å². The first-order valence-electron chi connectivity index (χ1n) is 9.62. The minimum atomic E-state index is -0.486. The Balaban J connectivity index is 1.57. The molecule has 31 heavy (non-hydrogen) atoms. The van der Waals surface area contributed by atoms with Gasteiger partial charge in [-0.2, -0.15) is 5.10 Å². The third-order valence-electron chi connectivity index (χ3n) is 4.68. The lowest BCUT2D eigenvalue weighted by Crippen LogP contribution is -2.29. The van der Waals surface area contributed by atoms with Gasteiger partial charge in [0, 0.05) is 29.2 Å². The maximum Gasteiger partial charge on any atom is 0.249 e. The monoisotopic (exact) mass is 456 g/mol. The second kappa shape index (κ2) is 10.3. The second-order valence-corrected chi connectivity index (χ2v) is 7.81. The van der Waals surface area contributed by atoms with Gasteiger partial charge >= 0.3 is 0 Å². The van der Waals surface area contributed by atoms with Gasteiger partial charge in [-0.1, -0.05) is 53.5 Å². The third kappa shape index (κ3) is 5.96. The molecule has 2 amide bonds. The van der Waals surface area contributed by atoms with Gasteiger partial charge in [0.15, 0.2) is 0 Å². The first-order valence-corrected chi connectivity index (χ1v) is 10.4. The number of aryl methyl sites for hydroxylation is 1. The Morgan fingerprint density at radius 3 is 2.45 bits per heavy atom. The van der Waals surface area contributed by atoms with Crippen LogP contribution in [0.1, 0.15) is 28.9 Å². The van der Waals surface area contributed by atoms with Crippen molar-refractivity contribution in [2.45, 2.75) is 26.8 Å². The van der Waals surface area contributed by atoms with E-state index in [1.807, 2.05) is 60.9 Å². The van der Waals surface area contributed by atoms with Crippen molar-refractivity contribution in [1.29, 1.82) is 0 Å². The van der Waals surface area contributed by atoms with E-state index in [1.165, 1.54) is 0 Å². The van der Waals surface area contributed by atoms with E-state index in [9.17, 15) is 9.59 Å². The average Bonchev–Trinajstić information content (AvgIpc) is 3.02. The van der Waals surface area contributed by atoms with E-state index in [1.54, 1.807) is 18.3 Å². The van der Waals surface area contributed by atoms with Gasteiger partial charge in [0.25, 0.3) is 0 Å². The summed E-state index contributed by atoms with van der Waals surface area (Å²) in [5, 5.41) is 7.66. The SMILES string of the molecule is Cc1cc(/C=N/NC(=O)CC(=O)NCc2ccccc2)c(C)n1-c1ccc(Cl)c(Cl)c1. The summed E-state index contributed by atoms with van der Waals surface area (Å²) in [6.07, 6.45) is 1.25. The molecule has 0 bridgehead atoms. The molecule has 1 aromatic heterocycles. The summed E-state index contributed by atoms with van der Waals surface area (Å²) >= 11 is 12.1. The Morgan fingerprint density at radius 1 is 1.00 bits per heavy atom. The Labute approximate surface area is 190 Å². The molecule has 0 aliphatic rings. The lowest BCUT2D eigenvalue weighted by molar-refractivity contribution is -0.129. The summed E-state index contributed by atoms with van der Waals surface area (Å²) in [6.45, 7) is 4.27. The summed E-state index contributed by atoms with van der Waals surface area (Å²) in [6, 6.07) is 16.8. The number of rotatable bonds is 7. The van der Waals surface area contributed by atoms with Gasteiger partial charge in [0.05, 0.1) is 16.3 Å². The molecule has 0 atom stereocenters. The number of carbonyl (C=O) groups is 2. The van der Waals surface area contributed by atoms with Crippen LogP contribution in [0.2, 0.25) is 10.0 Å². The summed E-state index contributed by atoms with van der Waals surface area (Å²) < 4.78 is 2.02. The predicted octanol–water partition coefficient (Wildman–Crippen LogP) is 4.56. The van der Waals surface area contributed by atoms with E-state index in [0.29, 0.717) is 16.6 Å². The number of benzene rings is 2. The van der Waals surface area contributed by atoms with E-state index in [-0.39, 0.29) is 12.3 Å². The van der Waals surface area contributed by atoms with Gasteiger partial charge in [-0.25, -0.2) is 5.43 Å². The largest absolute Gasteiger partial charge is 0.352 e. The topological polar surface area (TPSA) is 75.5 Å². The predicted molar refractivity (Wildman–Crippen MR) is 124 cm³/mol. The smallest absolute Gasteiger partial charge is 0.249 e. The molecule has 3 aromatic rings. The number of hydrazone groups is 1. The van der Waals surface area contributed by atoms with Crippen LogP contribution in [0.5, 0.6) is 0 Å². The molecule has 3 rings (SSSR count). The van der Waals surface area contributed by atoms with Crippen molar-refractivity contribution in [2.24, 2.45) is 5.10 Å². The standard InChI is InChI=1S/C23H22Cl2N4O2/c1-15-10-18(16(2)29(15)19-8-9-20(24)21(25)11-19)14-27-28-23(31)12-22(30)26-13-17-6-4-3-5-7-17/h3-11,14H,12-13H2,1-2H3,(H,26,30)(H,28,31)/b27-14+. The Kier molecular flexibility index (Phi) is 7.50. The van der Waals surface area contributed by atoms with Crippen LogP contribution >= 0.6 is 23.2 Å². The first-order chi connectivity index (χ1) is 14.8. The van der Waals surface area contributed by atoms with Gasteiger partial charge in [0.1, 0.15) is 6.42 Å². The summed E-state index contributed by atoms with van der Waals surface area (Å²) in [5.74, 6) is -0.852. The molecule has 0 saturated carbocycles. The molecular formula is C23H22Cl2N4O2. The minimum Gasteiger partial charge on any atom is -0.352 e. The quantitative estimate of drug-likeness (QED) is 0.310. The number of aromatic nitrogens is 1. The fourth-order valence-corrected chi connectivity index (χ4v) is 3.45. The van der Waals surface area contributed by atoms with Gasteiger partial charge in [-0.05, 0) is 43.7 Å². The van der Waals surface area contributed by atoms with E-state index in [4.69, 9.17) is 23.2 Å². The molecule has 0 unspecified atom stereocenters. The zero-order valence-electron chi connectivity index (χ0n) is 17.2. The van der Waals surface area contributed by atoms with Crippen LogP contribution < -0.4 is 10.7 Å². The van der Waals surface area contributed by atoms with Gasteiger partial charge in [-0.15, -0.1) is 0 Å².